The number of ether oxygens (including phenoxy) is 2. The molecular formula is C28H28ClF3N4O4S. The van der Waals surface area contributed by atoms with Crippen molar-refractivity contribution in [3.63, 3.8) is 0 Å². The molecule has 0 saturated carbocycles. The summed E-state index contributed by atoms with van der Waals surface area (Å²) in [6.45, 7) is 4.92. The van der Waals surface area contributed by atoms with Crippen LogP contribution in [-0.4, -0.2) is 43.6 Å². The summed E-state index contributed by atoms with van der Waals surface area (Å²) in [6, 6.07) is 11.6. The van der Waals surface area contributed by atoms with Gasteiger partial charge >= 0.3 is 6.18 Å². The molecule has 0 aliphatic carbocycles. The van der Waals surface area contributed by atoms with Crippen LogP contribution in [0.25, 0.3) is 22.2 Å². The Kier molecular flexibility index (Phi) is 9.05. The summed E-state index contributed by atoms with van der Waals surface area (Å²) in [4.78, 5) is 16.8. The smallest absolute Gasteiger partial charge is 0.408 e. The Labute approximate surface area is 242 Å². The van der Waals surface area contributed by atoms with Crippen LogP contribution in [0.15, 0.2) is 65.6 Å². The van der Waals surface area contributed by atoms with Crippen LogP contribution < -0.4 is 19.8 Å². The predicted molar refractivity (Wildman–Crippen MR) is 153 cm³/mol. The quantitative estimate of drug-likeness (QED) is 0.256. The molecule has 218 valence electrons. The predicted octanol–water partition coefficient (Wildman–Crippen LogP) is 5.85. The molecule has 41 heavy (non-hydrogen) atoms. The Bertz CT molecular complexity index is 1640. The summed E-state index contributed by atoms with van der Waals surface area (Å²) in [7, 11) is -0.431. The molecule has 2 aromatic heterocycles. The zero-order chi connectivity index (χ0) is 29.9. The lowest BCUT2D eigenvalue weighted by atomic mass is 10.0. The SMILES string of the molecule is COc1ccc2c(OCCn3nc(-c4ccc([C@H](N[S@@](=O)C(C)(C)C)C(F)(F)F)c(Cl)c4)ccc3=O)ccnc2c1. The highest BCUT2D eigenvalue weighted by Gasteiger charge is 2.44. The number of nitrogens with one attached hydrogen (secondary N) is 1. The van der Waals surface area contributed by atoms with E-state index < -0.39 is 28.0 Å². The minimum atomic E-state index is -4.75. The van der Waals surface area contributed by atoms with Crippen molar-refractivity contribution in [3.05, 3.63) is 81.7 Å². The highest BCUT2D eigenvalue weighted by molar-refractivity contribution is 7.84. The fourth-order valence-electron chi connectivity index (χ4n) is 3.87. The fraction of sp³-hybridized carbons (Fsp3) is 0.321. The summed E-state index contributed by atoms with van der Waals surface area (Å²) in [5.41, 5.74) is 0.765. The van der Waals surface area contributed by atoms with Crippen molar-refractivity contribution in [2.75, 3.05) is 13.7 Å². The largest absolute Gasteiger partial charge is 0.497 e. The molecular weight excluding hydrogens is 581 g/mol. The number of rotatable bonds is 9. The van der Waals surface area contributed by atoms with Gasteiger partial charge in [0.15, 0.2) is 0 Å². The van der Waals surface area contributed by atoms with Gasteiger partial charge in [0.1, 0.15) is 24.1 Å². The van der Waals surface area contributed by atoms with E-state index in [2.05, 4.69) is 14.8 Å². The van der Waals surface area contributed by atoms with E-state index in [9.17, 15) is 22.2 Å². The van der Waals surface area contributed by atoms with Gasteiger partial charge in [-0.3, -0.25) is 9.78 Å². The molecule has 0 spiro atoms. The molecule has 0 unspecified atom stereocenters. The van der Waals surface area contributed by atoms with Crippen molar-refractivity contribution in [1.29, 1.82) is 0 Å². The molecule has 0 amide bonds. The van der Waals surface area contributed by atoms with Crippen LogP contribution in [0.1, 0.15) is 32.4 Å². The molecule has 0 saturated heterocycles. The highest BCUT2D eigenvalue weighted by atomic mass is 35.5. The third-order valence-corrected chi connectivity index (χ3v) is 7.94. The molecule has 8 nitrogen and oxygen atoms in total. The summed E-state index contributed by atoms with van der Waals surface area (Å²) in [6.07, 6.45) is -3.14. The maximum atomic E-state index is 13.9. The Balaban J connectivity index is 1.53. The lowest BCUT2D eigenvalue weighted by molar-refractivity contribution is -0.152. The number of fused-ring (bicyclic) bond motifs is 1. The van der Waals surface area contributed by atoms with Gasteiger partial charge in [0.05, 0.1) is 40.6 Å². The van der Waals surface area contributed by atoms with E-state index in [1.165, 1.54) is 35.0 Å². The topological polar surface area (TPSA) is 95.3 Å². The zero-order valence-electron chi connectivity index (χ0n) is 22.7. The number of hydrogen-bond donors (Lipinski definition) is 1. The highest BCUT2D eigenvalue weighted by Crippen LogP contribution is 2.38. The van der Waals surface area contributed by atoms with Crippen LogP contribution in [0.2, 0.25) is 5.02 Å². The third-order valence-electron chi connectivity index (χ3n) is 6.05. The molecule has 1 N–H and O–H groups in total. The summed E-state index contributed by atoms with van der Waals surface area (Å²) in [5, 5.41) is 4.94. The molecule has 0 bridgehead atoms. The molecule has 0 aliphatic rings. The molecule has 4 aromatic rings. The summed E-state index contributed by atoms with van der Waals surface area (Å²) < 4.78 is 67.7. The molecule has 4 rings (SSSR count). The normalized spacial score (nSPS) is 13.7. The monoisotopic (exact) mass is 608 g/mol. The van der Waals surface area contributed by atoms with Gasteiger partial charge in [-0.1, -0.05) is 23.7 Å². The van der Waals surface area contributed by atoms with E-state index in [0.29, 0.717) is 28.3 Å². The number of benzene rings is 2. The van der Waals surface area contributed by atoms with Gasteiger partial charge in [0, 0.05) is 34.3 Å². The second kappa shape index (κ2) is 12.2. The minimum Gasteiger partial charge on any atom is -0.497 e. The Hall–Kier alpha value is -3.48. The molecule has 0 aliphatic heterocycles. The van der Waals surface area contributed by atoms with Gasteiger partial charge in [-0.05, 0) is 56.7 Å². The van der Waals surface area contributed by atoms with Gasteiger partial charge in [0.2, 0.25) is 0 Å². The maximum absolute atomic E-state index is 13.9. The molecule has 2 aromatic carbocycles. The minimum absolute atomic E-state index is 0.108. The van der Waals surface area contributed by atoms with Crippen LogP contribution in [0.3, 0.4) is 0 Å². The maximum Gasteiger partial charge on any atom is 0.408 e. The number of methoxy groups -OCH3 is 1. The van der Waals surface area contributed by atoms with Gasteiger partial charge < -0.3 is 9.47 Å². The molecule has 0 radical (unpaired) electrons. The van der Waals surface area contributed by atoms with Gasteiger partial charge in [-0.25, -0.2) is 13.6 Å². The second-order valence-corrected chi connectivity index (χ2v) is 12.4. The van der Waals surface area contributed by atoms with E-state index in [4.69, 9.17) is 21.1 Å². The fourth-order valence-corrected chi connectivity index (χ4v) is 4.99. The van der Waals surface area contributed by atoms with Crippen LogP contribution in [0.4, 0.5) is 13.2 Å². The number of nitrogens with zero attached hydrogens (tertiary/aromatic N) is 3. The standard InChI is InChI=1S/C28H28ClF3N4O4S/c1-27(2,3)41(38)35-26(28(30,31)32)19-7-5-17(15-21(19)29)22-9-10-25(37)36(34-22)13-14-40-24-11-12-33-23-16-18(39-4)6-8-20(23)24/h5-12,15-16,26,35H,13-14H2,1-4H3/t26-,41-/m0/s1. The first-order chi connectivity index (χ1) is 19.3. The molecule has 0 fully saturated rings. The first-order valence-electron chi connectivity index (χ1n) is 12.5. The van der Waals surface area contributed by atoms with E-state index in [-0.39, 0.29) is 29.3 Å². The van der Waals surface area contributed by atoms with Crippen LogP contribution in [0, 0.1) is 0 Å². The van der Waals surface area contributed by atoms with Gasteiger partial charge in [0.25, 0.3) is 5.56 Å². The van der Waals surface area contributed by atoms with E-state index in [1.54, 1.807) is 52.3 Å². The number of halogens is 4. The van der Waals surface area contributed by atoms with Crippen LogP contribution in [0.5, 0.6) is 11.5 Å². The van der Waals surface area contributed by atoms with Gasteiger partial charge in [-0.15, -0.1) is 0 Å². The first-order valence-corrected chi connectivity index (χ1v) is 14.0. The average Bonchev–Trinajstić information content (AvgIpc) is 2.91. The first kappa shape index (κ1) is 30.5. The van der Waals surface area contributed by atoms with E-state index in [1.807, 2.05) is 6.07 Å². The number of hydrogen-bond acceptors (Lipinski definition) is 6. The van der Waals surface area contributed by atoms with Crippen molar-refractivity contribution in [3.8, 4) is 22.8 Å². The van der Waals surface area contributed by atoms with Crippen LogP contribution >= 0.6 is 11.6 Å². The second-order valence-electron chi connectivity index (χ2n) is 10.0. The van der Waals surface area contributed by atoms with Gasteiger partial charge in [-0.2, -0.15) is 18.3 Å². The Morgan fingerprint density at radius 1 is 1.07 bits per heavy atom. The molecule has 2 heterocycles. The lowest BCUT2D eigenvalue weighted by Gasteiger charge is -2.27. The Morgan fingerprint density at radius 2 is 1.83 bits per heavy atom. The van der Waals surface area contributed by atoms with Crippen molar-refractivity contribution in [1.82, 2.24) is 19.5 Å². The number of aromatic nitrogens is 3. The van der Waals surface area contributed by atoms with E-state index >= 15 is 0 Å². The van der Waals surface area contributed by atoms with Crippen molar-refractivity contribution < 1.29 is 26.9 Å². The summed E-state index contributed by atoms with van der Waals surface area (Å²) >= 11 is 6.30. The third kappa shape index (κ3) is 7.24. The zero-order valence-corrected chi connectivity index (χ0v) is 24.2. The number of pyridine rings is 1. The average molecular weight is 609 g/mol. The molecule has 13 heteroatoms. The molecule has 2 atom stereocenters. The number of alkyl halides is 3. The van der Waals surface area contributed by atoms with Crippen molar-refractivity contribution >= 4 is 33.5 Å². The van der Waals surface area contributed by atoms with Crippen molar-refractivity contribution in [2.45, 2.75) is 44.3 Å². The lowest BCUT2D eigenvalue weighted by Crippen LogP contribution is -2.41. The summed E-state index contributed by atoms with van der Waals surface area (Å²) in [5.74, 6) is 1.23. The van der Waals surface area contributed by atoms with Crippen molar-refractivity contribution in [2.24, 2.45) is 0 Å². The van der Waals surface area contributed by atoms with Crippen LogP contribution in [-0.2, 0) is 17.5 Å². The van der Waals surface area contributed by atoms with E-state index in [0.717, 1.165) is 5.39 Å². The Morgan fingerprint density at radius 3 is 2.49 bits per heavy atom.